The fourth-order valence-corrected chi connectivity index (χ4v) is 5.12. The molecule has 0 spiro atoms. The molecule has 4 rings (SSSR count). The van der Waals surface area contributed by atoms with Gasteiger partial charge in [-0.25, -0.2) is 4.98 Å². The minimum Gasteiger partial charge on any atom is -0.326 e. The summed E-state index contributed by atoms with van der Waals surface area (Å²) in [6.07, 6.45) is 1.03. The highest BCUT2D eigenvalue weighted by atomic mass is 32.2. The monoisotopic (exact) mass is 438 g/mol. The van der Waals surface area contributed by atoms with E-state index in [0.29, 0.717) is 17.4 Å². The fraction of sp³-hybridized carbons (Fsp3) is 0.273. The van der Waals surface area contributed by atoms with E-state index >= 15 is 0 Å². The number of fused-ring (bicyclic) bond motifs is 1. The smallest absolute Gasteiger partial charge is 0.240 e. The van der Waals surface area contributed by atoms with Crippen LogP contribution < -0.4 is 10.6 Å². The van der Waals surface area contributed by atoms with Gasteiger partial charge in [0.25, 0.3) is 0 Å². The number of amidine groups is 1. The van der Waals surface area contributed by atoms with Crippen LogP contribution in [-0.2, 0) is 9.59 Å². The van der Waals surface area contributed by atoms with Gasteiger partial charge >= 0.3 is 0 Å². The van der Waals surface area contributed by atoms with Gasteiger partial charge in [0.05, 0.1) is 10.2 Å². The van der Waals surface area contributed by atoms with Crippen LogP contribution in [0.25, 0.3) is 20.8 Å². The van der Waals surface area contributed by atoms with Crippen molar-refractivity contribution in [1.29, 1.82) is 0 Å². The van der Waals surface area contributed by atoms with Crippen molar-refractivity contribution >= 4 is 56.0 Å². The van der Waals surface area contributed by atoms with Gasteiger partial charge in [0.2, 0.25) is 11.8 Å². The van der Waals surface area contributed by atoms with E-state index < -0.39 is 5.25 Å². The van der Waals surface area contributed by atoms with Crippen molar-refractivity contribution in [2.24, 2.45) is 4.99 Å². The lowest BCUT2D eigenvalue weighted by Gasteiger charge is -2.08. The molecule has 1 saturated heterocycles. The van der Waals surface area contributed by atoms with Crippen LogP contribution in [0, 0.1) is 6.92 Å². The van der Waals surface area contributed by atoms with Crippen molar-refractivity contribution in [2.75, 3.05) is 11.9 Å². The number of aromatic nitrogens is 1. The van der Waals surface area contributed by atoms with Crippen molar-refractivity contribution in [3.63, 3.8) is 0 Å². The van der Waals surface area contributed by atoms with Crippen LogP contribution in [0.3, 0.4) is 0 Å². The average Bonchev–Trinajstić information content (AvgIpc) is 3.29. The molecule has 2 N–H and O–H groups in total. The molecule has 3 aromatic rings. The molecule has 6 nitrogen and oxygen atoms in total. The second-order valence-electron chi connectivity index (χ2n) is 7.10. The van der Waals surface area contributed by atoms with Gasteiger partial charge in [-0.05, 0) is 55.3 Å². The SMILES string of the molecule is CCCN=C1NC(=O)C(CC(=O)Nc2ccc(-c3nc4ccc(C)cc4s3)cc2)S1. The van der Waals surface area contributed by atoms with Gasteiger partial charge in [-0.2, -0.15) is 0 Å². The molecule has 154 valence electrons. The zero-order valence-electron chi connectivity index (χ0n) is 16.8. The third-order valence-electron chi connectivity index (χ3n) is 4.59. The van der Waals surface area contributed by atoms with E-state index in [9.17, 15) is 9.59 Å². The van der Waals surface area contributed by atoms with Gasteiger partial charge in [0, 0.05) is 24.2 Å². The first kappa shape index (κ1) is 20.6. The van der Waals surface area contributed by atoms with E-state index in [0.717, 1.165) is 27.2 Å². The Labute approximate surface area is 183 Å². The van der Waals surface area contributed by atoms with Crippen LogP contribution in [-0.4, -0.2) is 33.8 Å². The summed E-state index contributed by atoms with van der Waals surface area (Å²) in [4.78, 5) is 33.4. The Hall–Kier alpha value is -2.71. The lowest BCUT2D eigenvalue weighted by molar-refractivity contribution is -0.122. The maximum atomic E-state index is 12.4. The first-order valence-corrected chi connectivity index (χ1v) is 11.5. The first-order chi connectivity index (χ1) is 14.5. The van der Waals surface area contributed by atoms with E-state index in [1.165, 1.54) is 17.3 Å². The number of carbonyl (C=O) groups is 2. The highest BCUT2D eigenvalue weighted by molar-refractivity contribution is 8.15. The zero-order valence-corrected chi connectivity index (χ0v) is 18.4. The molecule has 1 fully saturated rings. The summed E-state index contributed by atoms with van der Waals surface area (Å²) < 4.78 is 1.16. The first-order valence-electron chi connectivity index (χ1n) is 9.81. The molecule has 1 aliphatic rings. The molecule has 8 heteroatoms. The molecule has 30 heavy (non-hydrogen) atoms. The molecule has 0 aliphatic carbocycles. The quantitative estimate of drug-likeness (QED) is 0.589. The van der Waals surface area contributed by atoms with Crippen LogP contribution in [0.5, 0.6) is 0 Å². The molecule has 1 aromatic heterocycles. The number of hydrogen-bond acceptors (Lipinski definition) is 6. The van der Waals surface area contributed by atoms with Crippen molar-refractivity contribution in [2.45, 2.75) is 31.9 Å². The minimum atomic E-state index is -0.439. The van der Waals surface area contributed by atoms with E-state index in [2.05, 4.69) is 34.7 Å². The van der Waals surface area contributed by atoms with E-state index in [1.54, 1.807) is 11.3 Å². The topological polar surface area (TPSA) is 83.5 Å². The number of hydrogen-bond donors (Lipinski definition) is 2. The number of rotatable bonds is 6. The van der Waals surface area contributed by atoms with Crippen LogP contribution in [0.15, 0.2) is 47.5 Å². The maximum absolute atomic E-state index is 12.4. The van der Waals surface area contributed by atoms with Crippen molar-refractivity contribution in [3.8, 4) is 10.6 Å². The van der Waals surface area contributed by atoms with Crippen LogP contribution >= 0.6 is 23.1 Å². The van der Waals surface area contributed by atoms with Crippen LogP contribution in [0.4, 0.5) is 5.69 Å². The summed E-state index contributed by atoms with van der Waals surface area (Å²) in [5, 5.41) is 6.73. The van der Waals surface area contributed by atoms with Gasteiger partial charge in [0.1, 0.15) is 10.3 Å². The number of benzene rings is 2. The van der Waals surface area contributed by atoms with Crippen molar-refractivity contribution in [1.82, 2.24) is 10.3 Å². The maximum Gasteiger partial charge on any atom is 0.240 e. The summed E-state index contributed by atoms with van der Waals surface area (Å²) in [5.41, 5.74) is 3.92. The molecule has 2 heterocycles. The third kappa shape index (κ3) is 4.71. The molecule has 0 saturated carbocycles. The summed E-state index contributed by atoms with van der Waals surface area (Å²) in [7, 11) is 0. The number of nitrogens with zero attached hydrogens (tertiary/aromatic N) is 2. The summed E-state index contributed by atoms with van der Waals surface area (Å²) in [5.74, 6) is -0.353. The number of thioether (sulfide) groups is 1. The molecule has 2 aromatic carbocycles. The number of carbonyl (C=O) groups excluding carboxylic acids is 2. The fourth-order valence-electron chi connectivity index (χ4n) is 3.06. The zero-order chi connectivity index (χ0) is 21.1. The molecular weight excluding hydrogens is 416 g/mol. The van der Waals surface area contributed by atoms with Crippen LogP contribution in [0.2, 0.25) is 0 Å². The Bertz CT molecular complexity index is 1120. The number of thiazole rings is 1. The number of aryl methyl sites for hydroxylation is 1. The Morgan fingerprint density at radius 2 is 2.03 bits per heavy atom. The molecular formula is C22H22N4O2S2. The summed E-state index contributed by atoms with van der Waals surface area (Å²) in [6, 6.07) is 13.9. The van der Waals surface area contributed by atoms with Gasteiger partial charge < -0.3 is 10.6 Å². The number of nitrogens with one attached hydrogen (secondary N) is 2. The van der Waals surface area contributed by atoms with Crippen molar-refractivity contribution in [3.05, 3.63) is 48.0 Å². The minimum absolute atomic E-state index is 0.112. The third-order valence-corrected chi connectivity index (χ3v) is 6.77. The number of aliphatic imine (C=N–C) groups is 1. The average molecular weight is 439 g/mol. The Balaban J connectivity index is 1.38. The lowest BCUT2D eigenvalue weighted by Crippen LogP contribution is -2.28. The second kappa shape index (κ2) is 8.97. The van der Waals surface area contributed by atoms with Gasteiger partial charge in [-0.1, -0.05) is 24.8 Å². The summed E-state index contributed by atoms with van der Waals surface area (Å²) in [6.45, 7) is 4.77. The van der Waals surface area contributed by atoms with Crippen LogP contribution in [0.1, 0.15) is 25.3 Å². The molecule has 1 aliphatic heterocycles. The largest absolute Gasteiger partial charge is 0.326 e. The van der Waals surface area contributed by atoms with E-state index in [4.69, 9.17) is 4.98 Å². The second-order valence-corrected chi connectivity index (χ2v) is 9.32. The molecule has 0 radical (unpaired) electrons. The van der Waals surface area contributed by atoms with Gasteiger partial charge in [-0.3, -0.25) is 14.6 Å². The number of amides is 2. The predicted octanol–water partition coefficient (Wildman–Crippen LogP) is 4.60. The lowest BCUT2D eigenvalue weighted by atomic mass is 10.2. The molecule has 2 amide bonds. The Morgan fingerprint density at radius 1 is 1.23 bits per heavy atom. The molecule has 1 atom stereocenters. The molecule has 0 bridgehead atoms. The number of anilines is 1. The van der Waals surface area contributed by atoms with E-state index in [1.807, 2.05) is 37.3 Å². The van der Waals surface area contributed by atoms with E-state index in [-0.39, 0.29) is 18.2 Å². The van der Waals surface area contributed by atoms with Gasteiger partial charge in [-0.15, -0.1) is 11.3 Å². The highest BCUT2D eigenvalue weighted by Gasteiger charge is 2.31. The van der Waals surface area contributed by atoms with Crippen molar-refractivity contribution < 1.29 is 9.59 Å². The standard InChI is InChI=1S/C22H22N4O2S2/c1-3-10-23-22-26-20(28)18(30-22)12-19(27)24-15-7-5-14(6-8-15)21-25-16-9-4-13(2)11-17(16)29-21/h4-9,11,18H,3,10,12H2,1-2H3,(H,24,27)(H,23,26,28). The normalized spacial score (nSPS) is 17.5. The highest BCUT2D eigenvalue weighted by Crippen LogP contribution is 2.31. The Morgan fingerprint density at radius 3 is 2.80 bits per heavy atom. The molecule has 1 unspecified atom stereocenters. The Kier molecular flexibility index (Phi) is 6.15. The summed E-state index contributed by atoms with van der Waals surface area (Å²) >= 11 is 2.98. The van der Waals surface area contributed by atoms with Gasteiger partial charge in [0.15, 0.2) is 5.17 Å². The predicted molar refractivity (Wildman–Crippen MR) is 125 cm³/mol.